The Morgan fingerprint density at radius 3 is 2.81 bits per heavy atom. The molecule has 1 N–H and O–H groups in total. The minimum atomic E-state index is -0.0635. The van der Waals surface area contributed by atoms with E-state index in [1.54, 1.807) is 0 Å². The summed E-state index contributed by atoms with van der Waals surface area (Å²) in [5, 5.41) is 3.37. The SMILES string of the molecule is CCOC(=O)CC1(NC)CCCC(C)CC1. The first kappa shape index (κ1) is 13.5. The van der Waals surface area contributed by atoms with Crippen molar-refractivity contribution in [1.29, 1.82) is 0 Å². The fraction of sp³-hybridized carbons (Fsp3) is 0.923. The first-order valence-electron chi connectivity index (χ1n) is 6.46. The fourth-order valence-corrected chi connectivity index (χ4v) is 2.58. The Balaban J connectivity index is 2.57. The lowest BCUT2D eigenvalue weighted by molar-refractivity contribution is -0.145. The van der Waals surface area contributed by atoms with Crippen LogP contribution in [-0.4, -0.2) is 25.2 Å². The molecule has 3 nitrogen and oxygen atoms in total. The molecule has 2 unspecified atom stereocenters. The maximum absolute atomic E-state index is 11.6. The van der Waals surface area contributed by atoms with Crippen LogP contribution >= 0.6 is 0 Å². The molecule has 0 heterocycles. The monoisotopic (exact) mass is 227 g/mol. The van der Waals surface area contributed by atoms with Gasteiger partial charge < -0.3 is 10.1 Å². The Bertz CT molecular complexity index is 230. The molecule has 1 saturated carbocycles. The summed E-state index contributed by atoms with van der Waals surface area (Å²) in [5.74, 6) is 0.726. The van der Waals surface area contributed by atoms with Crippen molar-refractivity contribution in [3.8, 4) is 0 Å². The molecule has 0 aromatic carbocycles. The average molecular weight is 227 g/mol. The molecule has 3 heteroatoms. The van der Waals surface area contributed by atoms with Gasteiger partial charge >= 0.3 is 5.97 Å². The molecule has 2 atom stereocenters. The van der Waals surface area contributed by atoms with Gasteiger partial charge in [0.05, 0.1) is 13.0 Å². The zero-order valence-corrected chi connectivity index (χ0v) is 10.8. The van der Waals surface area contributed by atoms with Gasteiger partial charge in [0.2, 0.25) is 0 Å². The van der Waals surface area contributed by atoms with Crippen LogP contribution in [0.2, 0.25) is 0 Å². The zero-order valence-electron chi connectivity index (χ0n) is 10.8. The van der Waals surface area contributed by atoms with Crippen LogP contribution in [0.3, 0.4) is 0 Å². The second kappa shape index (κ2) is 6.24. The highest BCUT2D eigenvalue weighted by molar-refractivity contribution is 5.70. The molecule has 0 saturated heterocycles. The van der Waals surface area contributed by atoms with Gasteiger partial charge in [0, 0.05) is 5.54 Å². The van der Waals surface area contributed by atoms with Crippen LogP contribution in [0.1, 0.15) is 52.4 Å². The third-order valence-electron chi connectivity index (χ3n) is 3.79. The lowest BCUT2D eigenvalue weighted by atomic mass is 9.86. The molecule has 16 heavy (non-hydrogen) atoms. The molecule has 0 radical (unpaired) electrons. The standard InChI is InChI=1S/C13H25NO2/c1-4-16-12(15)10-13(14-3)8-5-6-11(2)7-9-13/h11,14H,4-10H2,1-3H3. The van der Waals surface area contributed by atoms with Crippen LogP contribution in [0.15, 0.2) is 0 Å². The molecule has 0 aliphatic heterocycles. The van der Waals surface area contributed by atoms with Gasteiger partial charge in [-0.1, -0.05) is 19.8 Å². The predicted octanol–water partition coefficient (Wildman–Crippen LogP) is 2.50. The second-order valence-corrected chi connectivity index (χ2v) is 5.05. The van der Waals surface area contributed by atoms with Crippen molar-refractivity contribution in [3.63, 3.8) is 0 Å². The summed E-state index contributed by atoms with van der Waals surface area (Å²) >= 11 is 0. The molecule has 0 bridgehead atoms. The molecule has 1 aliphatic carbocycles. The Hall–Kier alpha value is -0.570. The molecule has 0 spiro atoms. The maximum Gasteiger partial charge on any atom is 0.307 e. The van der Waals surface area contributed by atoms with Gasteiger partial charge in [0.25, 0.3) is 0 Å². The van der Waals surface area contributed by atoms with Gasteiger partial charge in [-0.2, -0.15) is 0 Å². The molecular weight excluding hydrogens is 202 g/mol. The lowest BCUT2D eigenvalue weighted by Gasteiger charge is -2.31. The summed E-state index contributed by atoms with van der Waals surface area (Å²) in [5.41, 5.74) is -0.0169. The van der Waals surface area contributed by atoms with E-state index in [1.165, 1.54) is 19.3 Å². The quantitative estimate of drug-likeness (QED) is 0.592. The summed E-state index contributed by atoms with van der Waals surface area (Å²) in [7, 11) is 1.97. The summed E-state index contributed by atoms with van der Waals surface area (Å²) in [6, 6.07) is 0. The van der Waals surface area contributed by atoms with E-state index < -0.39 is 0 Å². The number of carbonyl (C=O) groups excluding carboxylic acids is 1. The highest BCUT2D eigenvalue weighted by Crippen LogP contribution is 2.32. The van der Waals surface area contributed by atoms with Gasteiger partial charge in [-0.05, 0) is 39.2 Å². The maximum atomic E-state index is 11.6. The van der Waals surface area contributed by atoms with Crippen molar-refractivity contribution in [1.82, 2.24) is 5.32 Å². The first-order valence-corrected chi connectivity index (χ1v) is 6.46. The van der Waals surface area contributed by atoms with Crippen molar-refractivity contribution in [2.45, 2.75) is 57.9 Å². The van der Waals surface area contributed by atoms with Crippen molar-refractivity contribution < 1.29 is 9.53 Å². The largest absolute Gasteiger partial charge is 0.466 e. The normalized spacial score (nSPS) is 30.8. The molecular formula is C13H25NO2. The van der Waals surface area contributed by atoms with E-state index in [-0.39, 0.29) is 11.5 Å². The smallest absolute Gasteiger partial charge is 0.307 e. The van der Waals surface area contributed by atoms with E-state index >= 15 is 0 Å². The van der Waals surface area contributed by atoms with E-state index in [9.17, 15) is 4.79 Å². The number of carbonyl (C=O) groups is 1. The van der Waals surface area contributed by atoms with E-state index in [2.05, 4.69) is 12.2 Å². The Morgan fingerprint density at radius 1 is 1.44 bits per heavy atom. The summed E-state index contributed by atoms with van der Waals surface area (Å²) < 4.78 is 5.06. The number of ether oxygens (including phenoxy) is 1. The Morgan fingerprint density at radius 2 is 2.19 bits per heavy atom. The van der Waals surface area contributed by atoms with Gasteiger partial charge in [-0.3, -0.25) is 4.79 Å². The third kappa shape index (κ3) is 3.78. The number of nitrogens with one attached hydrogen (secondary N) is 1. The highest BCUT2D eigenvalue weighted by atomic mass is 16.5. The zero-order chi connectivity index (χ0) is 12.0. The van der Waals surface area contributed by atoms with Crippen LogP contribution in [0.4, 0.5) is 0 Å². The van der Waals surface area contributed by atoms with Crippen LogP contribution in [-0.2, 0) is 9.53 Å². The molecule has 1 fully saturated rings. The Kier molecular flexibility index (Phi) is 5.26. The lowest BCUT2D eigenvalue weighted by Crippen LogP contribution is -2.44. The first-order chi connectivity index (χ1) is 7.62. The molecule has 1 rings (SSSR count). The number of hydrogen-bond acceptors (Lipinski definition) is 3. The molecule has 94 valence electrons. The van der Waals surface area contributed by atoms with Crippen molar-refractivity contribution in [2.24, 2.45) is 5.92 Å². The van der Waals surface area contributed by atoms with Crippen LogP contribution in [0, 0.1) is 5.92 Å². The fourth-order valence-electron chi connectivity index (χ4n) is 2.58. The number of rotatable bonds is 4. The van der Waals surface area contributed by atoms with Gasteiger partial charge in [0.1, 0.15) is 0 Å². The highest BCUT2D eigenvalue weighted by Gasteiger charge is 2.33. The van der Waals surface area contributed by atoms with Crippen LogP contribution < -0.4 is 5.32 Å². The average Bonchev–Trinajstić information content (AvgIpc) is 2.42. The van der Waals surface area contributed by atoms with E-state index in [0.29, 0.717) is 13.0 Å². The van der Waals surface area contributed by atoms with E-state index in [4.69, 9.17) is 4.74 Å². The van der Waals surface area contributed by atoms with Crippen molar-refractivity contribution in [2.75, 3.05) is 13.7 Å². The molecule has 0 aromatic heterocycles. The summed E-state index contributed by atoms with van der Waals surface area (Å²) in [4.78, 5) is 11.6. The predicted molar refractivity (Wildman–Crippen MR) is 65.3 cm³/mol. The summed E-state index contributed by atoms with van der Waals surface area (Å²) in [6.07, 6.45) is 6.40. The minimum absolute atomic E-state index is 0.0169. The van der Waals surface area contributed by atoms with Gasteiger partial charge in [0.15, 0.2) is 0 Å². The second-order valence-electron chi connectivity index (χ2n) is 5.05. The van der Waals surface area contributed by atoms with E-state index in [1.807, 2.05) is 14.0 Å². The molecule has 0 amide bonds. The van der Waals surface area contributed by atoms with Gasteiger partial charge in [-0.25, -0.2) is 0 Å². The minimum Gasteiger partial charge on any atom is -0.466 e. The van der Waals surface area contributed by atoms with Crippen molar-refractivity contribution >= 4 is 5.97 Å². The molecule has 0 aromatic rings. The molecule has 1 aliphatic rings. The Labute approximate surface area is 98.9 Å². The van der Waals surface area contributed by atoms with Crippen molar-refractivity contribution in [3.05, 3.63) is 0 Å². The number of hydrogen-bond donors (Lipinski definition) is 1. The van der Waals surface area contributed by atoms with Crippen LogP contribution in [0.5, 0.6) is 0 Å². The topological polar surface area (TPSA) is 38.3 Å². The van der Waals surface area contributed by atoms with E-state index in [0.717, 1.165) is 18.8 Å². The van der Waals surface area contributed by atoms with Crippen LogP contribution in [0.25, 0.3) is 0 Å². The number of esters is 1. The summed E-state index contributed by atoms with van der Waals surface area (Å²) in [6.45, 7) is 4.64. The third-order valence-corrected chi connectivity index (χ3v) is 3.79. The van der Waals surface area contributed by atoms with Gasteiger partial charge in [-0.15, -0.1) is 0 Å².